The molecule has 0 unspecified atom stereocenters. The largest absolute Gasteiger partial charge is 0.486 e. The summed E-state index contributed by atoms with van der Waals surface area (Å²) in [6, 6.07) is 10.7. The summed E-state index contributed by atoms with van der Waals surface area (Å²) in [7, 11) is 0. The molecule has 1 aliphatic rings. The van der Waals surface area contributed by atoms with E-state index in [4.69, 9.17) is 9.47 Å². The van der Waals surface area contributed by atoms with Crippen molar-refractivity contribution >= 4 is 38.4 Å². The van der Waals surface area contributed by atoms with Gasteiger partial charge in [-0.25, -0.2) is 4.98 Å². The molecule has 1 N–H and O–H groups in total. The first-order valence-corrected chi connectivity index (χ1v) is 9.74. The number of carbonyl (C=O) groups is 1. The van der Waals surface area contributed by atoms with Crippen LogP contribution in [0.4, 0.5) is 5.69 Å². The van der Waals surface area contributed by atoms with Crippen molar-refractivity contribution in [1.82, 2.24) is 9.55 Å². The van der Waals surface area contributed by atoms with Crippen LogP contribution in [0, 0.1) is 0 Å². The summed E-state index contributed by atoms with van der Waals surface area (Å²) in [5.74, 6) is 1.12. The lowest BCUT2D eigenvalue weighted by molar-refractivity contribution is -0.116. The lowest BCUT2D eigenvalue weighted by Gasteiger charge is -2.20. The number of fused-ring (bicyclic) bond motifs is 2. The van der Waals surface area contributed by atoms with Gasteiger partial charge in [-0.1, -0.05) is 12.1 Å². The summed E-state index contributed by atoms with van der Waals surface area (Å²) in [5, 5.41) is 3.44. The van der Waals surface area contributed by atoms with Crippen molar-refractivity contribution in [2.24, 2.45) is 0 Å². The molecule has 1 aliphatic heterocycles. The van der Waals surface area contributed by atoms with Crippen molar-refractivity contribution in [1.29, 1.82) is 0 Å². The second kappa shape index (κ2) is 8.02. The smallest absolute Gasteiger partial charge is 0.261 e. The Morgan fingerprint density at radius 3 is 2.75 bits per heavy atom. The van der Waals surface area contributed by atoms with Crippen molar-refractivity contribution in [2.75, 3.05) is 18.5 Å². The van der Waals surface area contributed by atoms with Crippen molar-refractivity contribution in [3.63, 3.8) is 0 Å². The topological polar surface area (TPSA) is 82.5 Å². The lowest BCUT2D eigenvalue weighted by Crippen LogP contribution is -2.21. The highest BCUT2D eigenvalue weighted by atomic mass is 79.9. The maximum absolute atomic E-state index is 12.5. The fraction of sp³-hybridized carbons (Fsp3) is 0.250. The number of hydrogen-bond donors (Lipinski definition) is 1. The number of aromatic nitrogens is 2. The van der Waals surface area contributed by atoms with Crippen LogP contribution in [-0.2, 0) is 11.3 Å². The number of hydrogen-bond acceptors (Lipinski definition) is 5. The predicted octanol–water partition coefficient (Wildman–Crippen LogP) is 3.35. The Hall–Kier alpha value is -2.87. The molecular formula is C20H18BrN3O4. The van der Waals surface area contributed by atoms with E-state index in [1.165, 1.54) is 10.9 Å². The average molecular weight is 444 g/mol. The third-order valence-electron chi connectivity index (χ3n) is 4.44. The molecule has 0 fully saturated rings. The van der Waals surface area contributed by atoms with E-state index < -0.39 is 0 Å². The van der Waals surface area contributed by atoms with Gasteiger partial charge in [0, 0.05) is 29.6 Å². The van der Waals surface area contributed by atoms with Crippen molar-refractivity contribution in [3.05, 3.63) is 57.6 Å². The van der Waals surface area contributed by atoms with Gasteiger partial charge in [0.1, 0.15) is 13.2 Å². The molecule has 0 bridgehead atoms. The average Bonchev–Trinajstić information content (AvgIpc) is 2.70. The molecule has 3 aromatic rings. The first-order chi connectivity index (χ1) is 13.6. The molecule has 0 saturated heterocycles. The number of para-hydroxylation sites is 1. The highest BCUT2D eigenvalue weighted by Gasteiger charge is 2.16. The zero-order valence-electron chi connectivity index (χ0n) is 15.0. The molecule has 144 valence electrons. The zero-order valence-corrected chi connectivity index (χ0v) is 16.6. The molecule has 28 heavy (non-hydrogen) atoms. The minimum absolute atomic E-state index is 0.0967. The van der Waals surface area contributed by atoms with Gasteiger partial charge in [0.2, 0.25) is 5.91 Å². The number of rotatable bonds is 5. The summed E-state index contributed by atoms with van der Waals surface area (Å²) in [5.41, 5.74) is 1.20. The second-order valence-electron chi connectivity index (χ2n) is 6.39. The molecule has 1 amide bonds. The molecule has 2 heterocycles. The standard InChI is InChI=1S/C20H18BrN3O4/c21-14-10-17-18(28-9-8-27-17)11-16(14)23-19(25)6-3-7-24-12-22-15-5-2-1-4-13(15)20(24)26/h1-2,4-5,10-12H,3,6-9H2,(H,23,25). The van der Waals surface area contributed by atoms with Gasteiger partial charge in [0.15, 0.2) is 11.5 Å². The second-order valence-corrected chi connectivity index (χ2v) is 7.24. The maximum atomic E-state index is 12.5. The maximum Gasteiger partial charge on any atom is 0.261 e. The minimum atomic E-state index is -0.140. The van der Waals surface area contributed by atoms with Crippen LogP contribution in [0.1, 0.15) is 12.8 Å². The van der Waals surface area contributed by atoms with Crippen LogP contribution in [0.2, 0.25) is 0 Å². The summed E-state index contributed by atoms with van der Waals surface area (Å²) >= 11 is 3.44. The molecule has 0 saturated carbocycles. The molecular weight excluding hydrogens is 426 g/mol. The Labute approximate surface area is 169 Å². The molecule has 2 aromatic carbocycles. The molecule has 0 atom stereocenters. The number of ether oxygens (including phenoxy) is 2. The van der Waals surface area contributed by atoms with Crippen LogP contribution in [0.25, 0.3) is 10.9 Å². The van der Waals surface area contributed by atoms with Gasteiger partial charge < -0.3 is 14.8 Å². The Morgan fingerprint density at radius 2 is 1.93 bits per heavy atom. The van der Waals surface area contributed by atoms with Gasteiger partial charge >= 0.3 is 0 Å². The SMILES string of the molecule is O=C(CCCn1cnc2ccccc2c1=O)Nc1cc2c(cc1Br)OCCO2. The van der Waals surface area contributed by atoms with E-state index >= 15 is 0 Å². The molecule has 4 rings (SSSR count). The first-order valence-electron chi connectivity index (χ1n) is 8.95. The molecule has 8 heteroatoms. The van der Waals surface area contributed by atoms with Gasteiger partial charge in [-0.15, -0.1) is 0 Å². The fourth-order valence-corrected chi connectivity index (χ4v) is 3.47. The third kappa shape index (κ3) is 3.87. The van der Waals surface area contributed by atoms with E-state index in [9.17, 15) is 9.59 Å². The monoisotopic (exact) mass is 443 g/mol. The van der Waals surface area contributed by atoms with Crippen LogP contribution >= 0.6 is 15.9 Å². The molecule has 0 radical (unpaired) electrons. The van der Waals surface area contributed by atoms with Crippen molar-refractivity contribution < 1.29 is 14.3 Å². The van der Waals surface area contributed by atoms with Gasteiger partial charge in [0.05, 0.1) is 22.9 Å². The van der Waals surface area contributed by atoms with Gasteiger partial charge in [-0.2, -0.15) is 0 Å². The van der Waals surface area contributed by atoms with Crippen molar-refractivity contribution in [3.8, 4) is 11.5 Å². The van der Waals surface area contributed by atoms with Crippen LogP contribution in [-0.4, -0.2) is 28.7 Å². The summed E-state index contributed by atoms with van der Waals surface area (Å²) in [4.78, 5) is 29.1. The normalized spacial score (nSPS) is 12.8. The van der Waals surface area contributed by atoms with E-state index in [2.05, 4.69) is 26.2 Å². The molecule has 1 aromatic heterocycles. The number of nitrogens with zero attached hydrogens (tertiary/aromatic N) is 2. The first kappa shape index (κ1) is 18.5. The van der Waals surface area contributed by atoms with Gasteiger partial charge in [-0.3, -0.25) is 14.2 Å². The quantitative estimate of drug-likeness (QED) is 0.653. The summed E-state index contributed by atoms with van der Waals surface area (Å²) in [6.07, 6.45) is 2.33. The number of nitrogens with one attached hydrogen (secondary N) is 1. The molecule has 0 aliphatic carbocycles. The Bertz CT molecular complexity index is 1100. The van der Waals surface area contributed by atoms with E-state index in [0.717, 1.165) is 4.47 Å². The van der Waals surface area contributed by atoms with Crippen LogP contribution in [0.5, 0.6) is 11.5 Å². The highest BCUT2D eigenvalue weighted by molar-refractivity contribution is 9.10. The van der Waals surface area contributed by atoms with Crippen LogP contribution in [0.15, 0.2) is 52.0 Å². The number of amides is 1. The van der Waals surface area contributed by atoms with E-state index in [-0.39, 0.29) is 17.9 Å². The molecule has 7 nitrogen and oxygen atoms in total. The highest BCUT2D eigenvalue weighted by Crippen LogP contribution is 2.38. The minimum Gasteiger partial charge on any atom is -0.486 e. The number of benzene rings is 2. The zero-order chi connectivity index (χ0) is 19.5. The van der Waals surface area contributed by atoms with Crippen LogP contribution < -0.4 is 20.3 Å². The fourth-order valence-electron chi connectivity index (χ4n) is 3.05. The Kier molecular flexibility index (Phi) is 5.29. The van der Waals surface area contributed by atoms with Gasteiger partial charge in [-0.05, 0) is 34.5 Å². The number of anilines is 1. The van der Waals surface area contributed by atoms with Gasteiger partial charge in [0.25, 0.3) is 5.56 Å². The van der Waals surface area contributed by atoms with Crippen LogP contribution in [0.3, 0.4) is 0 Å². The van der Waals surface area contributed by atoms with Crippen molar-refractivity contribution in [2.45, 2.75) is 19.4 Å². The third-order valence-corrected chi connectivity index (χ3v) is 5.10. The number of halogens is 1. The number of aryl methyl sites for hydroxylation is 1. The predicted molar refractivity (Wildman–Crippen MR) is 109 cm³/mol. The summed E-state index contributed by atoms with van der Waals surface area (Å²) < 4.78 is 13.3. The van der Waals surface area contributed by atoms with E-state index in [1.807, 2.05) is 12.1 Å². The van der Waals surface area contributed by atoms with E-state index in [1.54, 1.807) is 24.3 Å². The lowest BCUT2D eigenvalue weighted by atomic mass is 10.2. The Morgan fingerprint density at radius 1 is 1.18 bits per heavy atom. The van der Waals surface area contributed by atoms with E-state index in [0.29, 0.717) is 54.3 Å². The number of carbonyl (C=O) groups excluding carboxylic acids is 1. The molecule has 0 spiro atoms. The Balaban J connectivity index is 1.38. The summed E-state index contributed by atoms with van der Waals surface area (Å²) in [6.45, 7) is 1.41.